The lowest BCUT2D eigenvalue weighted by Gasteiger charge is -2.28. The van der Waals surface area contributed by atoms with Gasteiger partial charge < -0.3 is 13.9 Å². The van der Waals surface area contributed by atoms with Crippen LogP contribution in [-0.4, -0.2) is 4.57 Å². The molecule has 3 nitrogen and oxygen atoms in total. The van der Waals surface area contributed by atoms with Crippen molar-refractivity contribution in [2.75, 3.05) is 4.90 Å². The molecule has 276 valence electrons. The highest BCUT2D eigenvalue weighted by atomic mass is 16.3. The molecule has 0 saturated heterocycles. The van der Waals surface area contributed by atoms with Crippen LogP contribution in [0.3, 0.4) is 0 Å². The van der Waals surface area contributed by atoms with E-state index in [4.69, 9.17) is 4.42 Å². The van der Waals surface area contributed by atoms with Crippen LogP contribution in [0.25, 0.3) is 93.2 Å². The van der Waals surface area contributed by atoms with Gasteiger partial charge in [0.25, 0.3) is 0 Å². The lowest BCUT2D eigenvalue weighted by Crippen LogP contribution is -2.11. The fourth-order valence-corrected chi connectivity index (χ4v) is 9.24. The molecule has 12 aromatic rings. The molecular formula is C56H36N2O. The smallest absolute Gasteiger partial charge is 0.135 e. The topological polar surface area (TPSA) is 21.3 Å². The number of hydrogen-bond acceptors (Lipinski definition) is 2. The molecule has 0 aliphatic heterocycles. The van der Waals surface area contributed by atoms with Gasteiger partial charge in [0.15, 0.2) is 0 Å². The van der Waals surface area contributed by atoms with Crippen LogP contribution in [0.15, 0.2) is 223 Å². The fourth-order valence-electron chi connectivity index (χ4n) is 9.24. The summed E-state index contributed by atoms with van der Waals surface area (Å²) in [7, 11) is 0. The summed E-state index contributed by atoms with van der Waals surface area (Å²) in [6.45, 7) is 0. The van der Waals surface area contributed by atoms with E-state index in [2.05, 4.69) is 216 Å². The molecule has 0 aliphatic carbocycles. The van der Waals surface area contributed by atoms with E-state index < -0.39 is 0 Å². The van der Waals surface area contributed by atoms with Crippen LogP contribution in [0.4, 0.5) is 17.1 Å². The minimum Gasteiger partial charge on any atom is -0.456 e. The quantitative estimate of drug-likeness (QED) is 0.169. The number of aromatic nitrogens is 1. The second-order valence-electron chi connectivity index (χ2n) is 15.3. The molecule has 2 aromatic heterocycles. The molecule has 0 amide bonds. The second-order valence-corrected chi connectivity index (χ2v) is 15.3. The van der Waals surface area contributed by atoms with Gasteiger partial charge in [-0.05, 0) is 99.8 Å². The molecule has 59 heavy (non-hydrogen) atoms. The van der Waals surface area contributed by atoms with E-state index in [0.717, 1.165) is 55.8 Å². The maximum atomic E-state index is 6.15. The van der Waals surface area contributed by atoms with Crippen molar-refractivity contribution in [2.45, 2.75) is 0 Å². The minimum atomic E-state index is 0.904. The van der Waals surface area contributed by atoms with Crippen LogP contribution >= 0.6 is 0 Å². The molecule has 0 atom stereocenters. The van der Waals surface area contributed by atoms with Crippen molar-refractivity contribution < 1.29 is 4.42 Å². The molecule has 0 N–H and O–H groups in total. The van der Waals surface area contributed by atoms with Crippen LogP contribution in [-0.2, 0) is 0 Å². The van der Waals surface area contributed by atoms with Crippen molar-refractivity contribution in [3.63, 3.8) is 0 Å². The third-order valence-corrected chi connectivity index (χ3v) is 12.0. The lowest BCUT2D eigenvalue weighted by molar-refractivity contribution is 0.669. The number of fused-ring (bicyclic) bond motifs is 8. The van der Waals surface area contributed by atoms with Gasteiger partial charge in [0, 0.05) is 43.7 Å². The van der Waals surface area contributed by atoms with Crippen LogP contribution in [0.1, 0.15) is 0 Å². The first-order valence-electron chi connectivity index (χ1n) is 20.2. The molecule has 10 aromatic carbocycles. The predicted molar refractivity (Wildman–Crippen MR) is 249 cm³/mol. The predicted octanol–water partition coefficient (Wildman–Crippen LogP) is 15.8. The van der Waals surface area contributed by atoms with Gasteiger partial charge in [-0.3, -0.25) is 0 Å². The molecule has 12 rings (SSSR count). The van der Waals surface area contributed by atoms with E-state index in [0.29, 0.717) is 0 Å². The first kappa shape index (κ1) is 33.3. The van der Waals surface area contributed by atoms with E-state index >= 15 is 0 Å². The number of rotatable bonds is 6. The van der Waals surface area contributed by atoms with Gasteiger partial charge in [-0.25, -0.2) is 0 Å². The van der Waals surface area contributed by atoms with Gasteiger partial charge >= 0.3 is 0 Å². The zero-order valence-electron chi connectivity index (χ0n) is 32.1. The zero-order chi connectivity index (χ0) is 38.9. The molecule has 0 saturated carbocycles. The first-order valence-corrected chi connectivity index (χ1v) is 20.2. The number of hydrogen-bond donors (Lipinski definition) is 0. The Morgan fingerprint density at radius 3 is 1.61 bits per heavy atom. The number of nitrogens with zero attached hydrogens (tertiary/aromatic N) is 2. The van der Waals surface area contributed by atoms with Gasteiger partial charge in [-0.1, -0.05) is 152 Å². The summed E-state index contributed by atoms with van der Waals surface area (Å²) in [5.41, 5.74) is 13.4. The largest absolute Gasteiger partial charge is 0.456 e. The summed E-state index contributed by atoms with van der Waals surface area (Å²) in [4.78, 5) is 2.40. The minimum absolute atomic E-state index is 0.904. The van der Waals surface area contributed by atoms with E-state index in [9.17, 15) is 0 Å². The standard InChI is InChI=1S/C56H36N2O/c1-2-14-43-38(12-1)13-11-20-44(43)39-26-31-42(32-27-39)57(41-29-24-37(25-30-41)40-28-35-56-50(36-40)49-19-7-10-23-55(49)59-56)53-33-34-54(48-16-4-3-15-47(48)53)58-51-21-8-5-17-45(51)46-18-6-9-22-52(46)58/h1-36H. The Labute approximate surface area is 341 Å². The van der Waals surface area contributed by atoms with E-state index in [-0.39, 0.29) is 0 Å². The summed E-state index contributed by atoms with van der Waals surface area (Å²) < 4.78 is 8.58. The molecule has 0 unspecified atom stereocenters. The number of furan rings is 1. The van der Waals surface area contributed by atoms with Crippen LogP contribution < -0.4 is 4.90 Å². The van der Waals surface area contributed by atoms with Gasteiger partial charge in [0.2, 0.25) is 0 Å². The molecule has 0 radical (unpaired) electrons. The van der Waals surface area contributed by atoms with Gasteiger partial charge in [-0.15, -0.1) is 0 Å². The summed E-state index contributed by atoms with van der Waals surface area (Å²) in [5.74, 6) is 0. The number of benzene rings is 10. The maximum Gasteiger partial charge on any atom is 0.135 e. The Hall–Kier alpha value is -7.88. The van der Waals surface area contributed by atoms with Crippen molar-refractivity contribution in [1.29, 1.82) is 0 Å². The zero-order valence-corrected chi connectivity index (χ0v) is 32.1. The Balaban J connectivity index is 1.02. The Kier molecular flexibility index (Phi) is 7.54. The molecule has 0 spiro atoms. The number of anilines is 3. The monoisotopic (exact) mass is 752 g/mol. The Morgan fingerprint density at radius 2 is 0.881 bits per heavy atom. The normalized spacial score (nSPS) is 11.7. The molecule has 3 heteroatoms. The summed E-state index contributed by atoms with van der Waals surface area (Å²) in [6, 6.07) is 78.9. The van der Waals surface area contributed by atoms with E-state index in [1.807, 2.05) is 12.1 Å². The number of para-hydroxylation sites is 3. The van der Waals surface area contributed by atoms with Crippen LogP contribution in [0.5, 0.6) is 0 Å². The highest BCUT2D eigenvalue weighted by Gasteiger charge is 2.20. The maximum absolute atomic E-state index is 6.15. The molecule has 0 bridgehead atoms. The van der Waals surface area contributed by atoms with E-state index in [1.165, 1.54) is 54.5 Å². The SMILES string of the molecule is c1ccc2c(-c3ccc(N(c4ccc(-c5ccc6oc7ccccc7c6c5)cc4)c4ccc(-n5c6ccccc6c6ccccc65)c5ccccc45)cc3)cccc2c1. The fraction of sp³-hybridized carbons (Fsp3) is 0. The summed E-state index contributed by atoms with van der Waals surface area (Å²) in [5, 5.41) is 9.63. The summed E-state index contributed by atoms with van der Waals surface area (Å²) >= 11 is 0. The molecule has 0 fully saturated rings. The average Bonchev–Trinajstić information content (AvgIpc) is 3.85. The van der Waals surface area contributed by atoms with Crippen molar-refractivity contribution >= 4 is 82.4 Å². The highest BCUT2D eigenvalue weighted by Crippen LogP contribution is 2.44. The highest BCUT2D eigenvalue weighted by molar-refractivity contribution is 6.12. The van der Waals surface area contributed by atoms with Crippen molar-refractivity contribution in [3.8, 4) is 27.9 Å². The Bertz CT molecular complexity index is 3500. The third-order valence-electron chi connectivity index (χ3n) is 12.0. The molecule has 0 aliphatic rings. The van der Waals surface area contributed by atoms with Crippen LogP contribution in [0.2, 0.25) is 0 Å². The van der Waals surface area contributed by atoms with Gasteiger partial charge in [0.05, 0.1) is 22.4 Å². The Morgan fingerprint density at radius 1 is 0.339 bits per heavy atom. The molecule has 2 heterocycles. The summed E-state index contributed by atoms with van der Waals surface area (Å²) in [6.07, 6.45) is 0. The van der Waals surface area contributed by atoms with Crippen molar-refractivity contribution in [3.05, 3.63) is 218 Å². The average molecular weight is 753 g/mol. The van der Waals surface area contributed by atoms with Gasteiger partial charge in [-0.2, -0.15) is 0 Å². The van der Waals surface area contributed by atoms with Gasteiger partial charge in [0.1, 0.15) is 11.2 Å². The molecular weight excluding hydrogens is 717 g/mol. The second kappa shape index (κ2) is 13.4. The third kappa shape index (κ3) is 5.36. The van der Waals surface area contributed by atoms with Crippen LogP contribution in [0, 0.1) is 0 Å². The first-order chi connectivity index (χ1) is 29.3. The lowest BCUT2D eigenvalue weighted by atomic mass is 9.97. The van der Waals surface area contributed by atoms with Crippen molar-refractivity contribution in [1.82, 2.24) is 4.57 Å². The van der Waals surface area contributed by atoms with E-state index in [1.54, 1.807) is 0 Å². The van der Waals surface area contributed by atoms with Crippen molar-refractivity contribution in [2.24, 2.45) is 0 Å².